The Labute approximate surface area is 114 Å². The van der Waals surface area contributed by atoms with Crippen LogP contribution in [0.5, 0.6) is 0 Å². The molecule has 1 aromatic rings. The standard InChI is InChI=1S/C16H23FO2/c1-2-19-16(10-5-3-4-6-11-16)15(18)13-8-7-9-14(17)12-13/h7-9,12,15,18H,2-6,10-11H2,1H3. The van der Waals surface area contributed by atoms with E-state index in [-0.39, 0.29) is 5.82 Å². The molecule has 0 radical (unpaired) electrons. The Hall–Kier alpha value is -0.930. The lowest BCUT2D eigenvalue weighted by atomic mass is 9.84. The summed E-state index contributed by atoms with van der Waals surface area (Å²) in [6.45, 7) is 2.53. The van der Waals surface area contributed by atoms with Crippen molar-refractivity contribution < 1.29 is 14.2 Å². The van der Waals surface area contributed by atoms with Crippen molar-refractivity contribution >= 4 is 0 Å². The van der Waals surface area contributed by atoms with E-state index in [1.54, 1.807) is 12.1 Å². The normalized spacial score (nSPS) is 20.8. The molecule has 0 aromatic heterocycles. The van der Waals surface area contributed by atoms with Gasteiger partial charge in [-0.3, -0.25) is 0 Å². The zero-order valence-corrected chi connectivity index (χ0v) is 11.6. The van der Waals surface area contributed by atoms with Crippen LogP contribution in [0.2, 0.25) is 0 Å². The van der Waals surface area contributed by atoms with E-state index >= 15 is 0 Å². The van der Waals surface area contributed by atoms with Gasteiger partial charge >= 0.3 is 0 Å². The van der Waals surface area contributed by atoms with Gasteiger partial charge in [-0.25, -0.2) is 4.39 Å². The number of hydrogen-bond donors (Lipinski definition) is 1. The summed E-state index contributed by atoms with van der Waals surface area (Å²) in [4.78, 5) is 0. The first-order valence-electron chi connectivity index (χ1n) is 7.25. The van der Waals surface area contributed by atoms with E-state index in [1.165, 1.54) is 25.0 Å². The van der Waals surface area contributed by atoms with E-state index in [0.717, 1.165) is 25.7 Å². The number of benzene rings is 1. The van der Waals surface area contributed by atoms with Crippen molar-refractivity contribution in [3.05, 3.63) is 35.6 Å². The summed E-state index contributed by atoms with van der Waals surface area (Å²) < 4.78 is 19.3. The van der Waals surface area contributed by atoms with Crippen LogP contribution >= 0.6 is 0 Å². The van der Waals surface area contributed by atoms with Crippen LogP contribution in [-0.4, -0.2) is 17.3 Å². The summed E-state index contributed by atoms with van der Waals surface area (Å²) in [6, 6.07) is 6.23. The molecule has 106 valence electrons. The van der Waals surface area contributed by atoms with Gasteiger partial charge in [0.1, 0.15) is 11.9 Å². The lowest BCUT2D eigenvalue weighted by Crippen LogP contribution is -2.39. The minimum absolute atomic E-state index is 0.308. The monoisotopic (exact) mass is 266 g/mol. The zero-order chi connectivity index (χ0) is 13.7. The van der Waals surface area contributed by atoms with E-state index in [1.807, 2.05) is 6.92 Å². The second-order valence-corrected chi connectivity index (χ2v) is 5.37. The molecule has 1 N–H and O–H groups in total. The van der Waals surface area contributed by atoms with Crippen LogP contribution in [0.4, 0.5) is 4.39 Å². The van der Waals surface area contributed by atoms with Crippen molar-refractivity contribution in [1.82, 2.24) is 0 Å². The number of halogens is 1. The molecule has 0 heterocycles. The molecule has 0 amide bonds. The fourth-order valence-corrected chi connectivity index (χ4v) is 3.09. The van der Waals surface area contributed by atoms with Gasteiger partial charge in [0, 0.05) is 6.61 Å². The third kappa shape index (κ3) is 3.34. The molecule has 1 aromatic carbocycles. The molecule has 3 heteroatoms. The van der Waals surface area contributed by atoms with Gasteiger partial charge in [-0.05, 0) is 37.5 Å². The second kappa shape index (κ2) is 6.49. The van der Waals surface area contributed by atoms with E-state index in [2.05, 4.69) is 0 Å². The Bertz CT molecular complexity index is 397. The predicted molar refractivity (Wildman–Crippen MR) is 73.4 cm³/mol. The van der Waals surface area contributed by atoms with Crippen LogP contribution in [0.3, 0.4) is 0 Å². The molecule has 2 nitrogen and oxygen atoms in total. The third-order valence-electron chi connectivity index (χ3n) is 4.04. The largest absolute Gasteiger partial charge is 0.385 e. The van der Waals surface area contributed by atoms with Crippen LogP contribution in [-0.2, 0) is 4.74 Å². The molecule has 0 bridgehead atoms. The number of aliphatic hydroxyl groups is 1. The van der Waals surface area contributed by atoms with Crippen LogP contribution in [0.1, 0.15) is 57.1 Å². The third-order valence-corrected chi connectivity index (χ3v) is 4.04. The maximum atomic E-state index is 13.3. The summed E-state index contributed by atoms with van der Waals surface area (Å²) >= 11 is 0. The summed E-state index contributed by atoms with van der Waals surface area (Å²) in [6.07, 6.45) is 5.44. The highest BCUT2D eigenvalue weighted by molar-refractivity contribution is 5.22. The molecule has 1 saturated carbocycles. The highest BCUT2D eigenvalue weighted by Gasteiger charge is 2.39. The smallest absolute Gasteiger partial charge is 0.123 e. The molecule has 0 aliphatic heterocycles. The minimum Gasteiger partial charge on any atom is -0.385 e. The average molecular weight is 266 g/mol. The Kier molecular flexibility index (Phi) is 4.94. The summed E-state index contributed by atoms with van der Waals surface area (Å²) in [7, 11) is 0. The fourth-order valence-electron chi connectivity index (χ4n) is 3.09. The van der Waals surface area contributed by atoms with Crippen LogP contribution < -0.4 is 0 Å². The van der Waals surface area contributed by atoms with Gasteiger partial charge in [0.15, 0.2) is 0 Å². The molecular formula is C16H23FO2. The first kappa shape index (κ1) is 14.5. The molecule has 0 spiro atoms. The van der Waals surface area contributed by atoms with Crippen molar-refractivity contribution in [3.63, 3.8) is 0 Å². The predicted octanol–water partition coefficient (Wildman–Crippen LogP) is 3.99. The molecule has 1 unspecified atom stereocenters. The SMILES string of the molecule is CCOC1(C(O)c2cccc(F)c2)CCCCCC1. The zero-order valence-electron chi connectivity index (χ0n) is 11.6. The molecular weight excluding hydrogens is 243 g/mol. The van der Waals surface area contributed by atoms with Gasteiger partial charge in [0.2, 0.25) is 0 Å². The maximum absolute atomic E-state index is 13.3. The lowest BCUT2D eigenvalue weighted by Gasteiger charge is -2.37. The van der Waals surface area contributed by atoms with Crippen LogP contribution in [0.15, 0.2) is 24.3 Å². The summed E-state index contributed by atoms with van der Waals surface area (Å²) in [5, 5.41) is 10.7. The summed E-state index contributed by atoms with van der Waals surface area (Å²) in [5.41, 5.74) is 0.0781. The first-order chi connectivity index (χ1) is 9.18. The summed E-state index contributed by atoms with van der Waals surface area (Å²) in [5.74, 6) is -0.308. The lowest BCUT2D eigenvalue weighted by molar-refractivity contribution is -0.131. The highest BCUT2D eigenvalue weighted by Crippen LogP contribution is 2.40. The van der Waals surface area contributed by atoms with Gasteiger partial charge < -0.3 is 9.84 Å². The van der Waals surface area contributed by atoms with Gasteiger partial charge in [-0.15, -0.1) is 0 Å². The van der Waals surface area contributed by atoms with Gasteiger partial charge in [0.25, 0.3) is 0 Å². The van der Waals surface area contributed by atoms with E-state index in [4.69, 9.17) is 4.74 Å². The Morgan fingerprint density at radius 1 is 1.26 bits per heavy atom. The number of ether oxygens (including phenoxy) is 1. The Morgan fingerprint density at radius 2 is 1.95 bits per heavy atom. The number of rotatable bonds is 4. The highest BCUT2D eigenvalue weighted by atomic mass is 19.1. The molecule has 1 aliphatic rings. The molecule has 1 fully saturated rings. The maximum Gasteiger partial charge on any atom is 0.123 e. The van der Waals surface area contributed by atoms with Crippen molar-refractivity contribution in [2.45, 2.75) is 57.2 Å². The van der Waals surface area contributed by atoms with E-state index in [0.29, 0.717) is 12.2 Å². The fraction of sp³-hybridized carbons (Fsp3) is 0.625. The average Bonchev–Trinajstić information content (AvgIpc) is 2.65. The van der Waals surface area contributed by atoms with Crippen molar-refractivity contribution in [1.29, 1.82) is 0 Å². The molecule has 0 saturated heterocycles. The van der Waals surface area contributed by atoms with Crippen LogP contribution in [0.25, 0.3) is 0 Å². The van der Waals surface area contributed by atoms with Gasteiger partial charge in [-0.2, -0.15) is 0 Å². The Balaban J connectivity index is 2.26. The first-order valence-corrected chi connectivity index (χ1v) is 7.25. The topological polar surface area (TPSA) is 29.5 Å². The molecule has 19 heavy (non-hydrogen) atoms. The minimum atomic E-state index is -0.749. The number of aliphatic hydroxyl groups excluding tert-OH is 1. The van der Waals surface area contributed by atoms with Crippen molar-refractivity contribution in [2.75, 3.05) is 6.61 Å². The number of hydrogen-bond acceptors (Lipinski definition) is 2. The van der Waals surface area contributed by atoms with Crippen molar-refractivity contribution in [2.24, 2.45) is 0 Å². The quantitative estimate of drug-likeness (QED) is 0.835. The van der Waals surface area contributed by atoms with Gasteiger partial charge in [-0.1, -0.05) is 37.8 Å². The second-order valence-electron chi connectivity index (χ2n) is 5.37. The van der Waals surface area contributed by atoms with E-state index in [9.17, 15) is 9.50 Å². The molecule has 2 rings (SSSR count). The van der Waals surface area contributed by atoms with E-state index < -0.39 is 11.7 Å². The molecule has 1 atom stereocenters. The van der Waals surface area contributed by atoms with Gasteiger partial charge in [0.05, 0.1) is 5.60 Å². The van der Waals surface area contributed by atoms with Crippen LogP contribution in [0, 0.1) is 5.82 Å². The Morgan fingerprint density at radius 3 is 2.53 bits per heavy atom. The molecule has 1 aliphatic carbocycles. The van der Waals surface area contributed by atoms with Crippen molar-refractivity contribution in [3.8, 4) is 0 Å².